The number of nitrogens with one attached hydrogen (secondary N) is 2. The number of aromatic nitrogens is 2. The van der Waals surface area contributed by atoms with Crippen molar-refractivity contribution >= 4 is 15.7 Å². The van der Waals surface area contributed by atoms with Crippen LogP contribution in [0.15, 0.2) is 33.7 Å². The van der Waals surface area contributed by atoms with Crippen molar-refractivity contribution in [2.45, 2.75) is 12.5 Å². The Bertz CT molecular complexity index is 854. The average Bonchev–Trinajstić information content (AvgIpc) is 3.08. The molecule has 1 fully saturated rings. The predicted molar refractivity (Wildman–Crippen MR) is 77.1 cm³/mol. The Hall–Kier alpha value is -2.42. The van der Waals surface area contributed by atoms with Crippen LogP contribution in [0.2, 0.25) is 0 Å². The highest BCUT2D eigenvalue weighted by atomic mass is 32.2. The molecule has 3 rings (SSSR count). The van der Waals surface area contributed by atoms with Crippen molar-refractivity contribution in [3.05, 3.63) is 40.6 Å². The first-order chi connectivity index (χ1) is 10.4. The van der Waals surface area contributed by atoms with E-state index >= 15 is 0 Å². The molecule has 0 bridgehead atoms. The number of carbonyl (C=O) groups is 1. The van der Waals surface area contributed by atoms with Gasteiger partial charge in [-0.1, -0.05) is 0 Å². The molecule has 0 aromatic carbocycles. The summed E-state index contributed by atoms with van der Waals surface area (Å²) in [6.45, 7) is 0. The van der Waals surface area contributed by atoms with Crippen molar-refractivity contribution in [1.29, 1.82) is 0 Å². The van der Waals surface area contributed by atoms with Gasteiger partial charge in [0.25, 0.3) is 5.91 Å². The molecule has 1 aliphatic rings. The first-order valence-electron chi connectivity index (χ1n) is 6.59. The van der Waals surface area contributed by atoms with Gasteiger partial charge in [-0.05, 0) is 24.6 Å². The van der Waals surface area contributed by atoms with Crippen molar-refractivity contribution in [2.24, 2.45) is 0 Å². The van der Waals surface area contributed by atoms with E-state index in [9.17, 15) is 18.0 Å². The van der Waals surface area contributed by atoms with Crippen LogP contribution >= 0.6 is 0 Å². The summed E-state index contributed by atoms with van der Waals surface area (Å²) in [5.41, 5.74) is -0.438. The Labute approximate surface area is 125 Å². The van der Waals surface area contributed by atoms with Crippen LogP contribution in [0.3, 0.4) is 0 Å². The first kappa shape index (κ1) is 14.5. The molecule has 1 unspecified atom stereocenters. The molecule has 0 radical (unpaired) electrons. The predicted octanol–water partition coefficient (Wildman–Crippen LogP) is -0.0532. The number of amides is 1. The molecular formula is C13H13N3O5S. The van der Waals surface area contributed by atoms with Gasteiger partial charge in [0.1, 0.15) is 11.5 Å². The van der Waals surface area contributed by atoms with E-state index < -0.39 is 27.5 Å². The molecule has 0 aliphatic carbocycles. The van der Waals surface area contributed by atoms with Gasteiger partial charge in [0.15, 0.2) is 9.84 Å². The SMILES string of the molecule is O=C(NC1CCS(=O)(=O)C1)c1cc(-c2ccco2)[nH]c(=O)n1. The van der Waals surface area contributed by atoms with Crippen molar-refractivity contribution in [1.82, 2.24) is 15.3 Å². The molecule has 1 amide bonds. The van der Waals surface area contributed by atoms with Crippen molar-refractivity contribution in [3.63, 3.8) is 0 Å². The zero-order chi connectivity index (χ0) is 15.7. The molecule has 1 aliphatic heterocycles. The molecule has 2 aromatic rings. The topological polar surface area (TPSA) is 122 Å². The lowest BCUT2D eigenvalue weighted by molar-refractivity contribution is 0.0935. The summed E-state index contributed by atoms with van der Waals surface area (Å²) in [5, 5.41) is 2.59. The minimum Gasteiger partial charge on any atom is -0.463 e. The fourth-order valence-corrected chi connectivity index (χ4v) is 3.98. The number of H-pyrrole nitrogens is 1. The van der Waals surface area contributed by atoms with E-state index in [0.29, 0.717) is 17.9 Å². The Morgan fingerprint density at radius 1 is 1.45 bits per heavy atom. The summed E-state index contributed by atoms with van der Waals surface area (Å²) in [6, 6.07) is 4.22. The van der Waals surface area contributed by atoms with Crippen LogP contribution in [0.4, 0.5) is 0 Å². The van der Waals surface area contributed by atoms with E-state index in [1.807, 2.05) is 0 Å². The number of hydrogen-bond acceptors (Lipinski definition) is 6. The summed E-state index contributed by atoms with van der Waals surface area (Å²) in [4.78, 5) is 29.8. The van der Waals surface area contributed by atoms with Crippen LogP contribution in [0.1, 0.15) is 16.9 Å². The highest BCUT2D eigenvalue weighted by Crippen LogP contribution is 2.17. The van der Waals surface area contributed by atoms with Crippen molar-refractivity contribution in [3.8, 4) is 11.5 Å². The van der Waals surface area contributed by atoms with Crippen molar-refractivity contribution in [2.75, 3.05) is 11.5 Å². The van der Waals surface area contributed by atoms with E-state index in [-0.39, 0.29) is 17.2 Å². The molecule has 22 heavy (non-hydrogen) atoms. The van der Waals surface area contributed by atoms with Gasteiger partial charge in [0, 0.05) is 6.04 Å². The number of nitrogens with zero attached hydrogens (tertiary/aromatic N) is 1. The van der Waals surface area contributed by atoms with Gasteiger partial charge >= 0.3 is 5.69 Å². The lowest BCUT2D eigenvalue weighted by atomic mass is 10.2. The molecule has 1 atom stereocenters. The van der Waals surface area contributed by atoms with Gasteiger partial charge in [-0.15, -0.1) is 0 Å². The van der Waals surface area contributed by atoms with Gasteiger partial charge in [-0.25, -0.2) is 13.2 Å². The number of carbonyl (C=O) groups excluding carboxylic acids is 1. The third-order valence-corrected chi connectivity index (χ3v) is 5.10. The fraction of sp³-hybridized carbons (Fsp3) is 0.308. The van der Waals surface area contributed by atoms with Crippen molar-refractivity contribution < 1.29 is 17.6 Å². The standard InChI is InChI=1S/C13H13N3O5S/c17-12(14-8-3-5-22(19,20)7-8)10-6-9(15-13(18)16-10)11-2-1-4-21-11/h1-2,4,6,8H,3,5,7H2,(H,14,17)(H,15,16,18). The molecule has 2 N–H and O–H groups in total. The third-order valence-electron chi connectivity index (χ3n) is 3.33. The number of sulfone groups is 1. The van der Waals surface area contributed by atoms with E-state index in [0.717, 1.165) is 0 Å². The number of aromatic amines is 1. The highest BCUT2D eigenvalue weighted by molar-refractivity contribution is 7.91. The molecule has 0 spiro atoms. The van der Waals surface area contributed by atoms with Gasteiger partial charge < -0.3 is 14.7 Å². The Kier molecular flexibility index (Phi) is 3.57. The largest absolute Gasteiger partial charge is 0.463 e. The lowest BCUT2D eigenvalue weighted by Gasteiger charge is -2.10. The normalized spacial score (nSPS) is 19.9. The van der Waals surface area contributed by atoms with E-state index in [1.165, 1.54) is 12.3 Å². The molecule has 0 saturated carbocycles. The Morgan fingerprint density at radius 2 is 2.27 bits per heavy atom. The monoisotopic (exact) mass is 323 g/mol. The molecule has 8 nitrogen and oxygen atoms in total. The van der Waals surface area contributed by atoms with E-state index in [1.54, 1.807) is 12.1 Å². The first-order valence-corrected chi connectivity index (χ1v) is 8.42. The third kappa shape index (κ3) is 3.08. The smallest absolute Gasteiger partial charge is 0.346 e. The van der Waals surface area contributed by atoms with Gasteiger partial charge in [-0.3, -0.25) is 4.79 Å². The minimum absolute atomic E-state index is 0.0540. The van der Waals surface area contributed by atoms with Crippen LogP contribution < -0.4 is 11.0 Å². The second-order valence-corrected chi connectivity index (χ2v) is 7.26. The van der Waals surface area contributed by atoms with Gasteiger partial charge in [-0.2, -0.15) is 4.98 Å². The van der Waals surface area contributed by atoms with Crippen LogP contribution in [0, 0.1) is 0 Å². The molecule has 2 aromatic heterocycles. The van der Waals surface area contributed by atoms with Crippen LogP contribution in [0.5, 0.6) is 0 Å². The summed E-state index contributed by atoms with van der Waals surface area (Å²) < 4.78 is 27.9. The highest BCUT2D eigenvalue weighted by Gasteiger charge is 2.29. The van der Waals surface area contributed by atoms with E-state index in [2.05, 4.69) is 15.3 Å². The maximum Gasteiger partial charge on any atom is 0.346 e. The quantitative estimate of drug-likeness (QED) is 0.816. The molecule has 3 heterocycles. The number of rotatable bonds is 3. The average molecular weight is 323 g/mol. The number of furan rings is 1. The minimum atomic E-state index is -3.09. The summed E-state index contributed by atoms with van der Waals surface area (Å²) >= 11 is 0. The molecule has 9 heteroatoms. The van der Waals surface area contributed by atoms with Crippen LogP contribution in [0.25, 0.3) is 11.5 Å². The Morgan fingerprint density at radius 3 is 2.91 bits per heavy atom. The van der Waals surface area contributed by atoms with Crippen LogP contribution in [-0.4, -0.2) is 41.8 Å². The maximum atomic E-state index is 12.1. The number of hydrogen-bond donors (Lipinski definition) is 2. The zero-order valence-electron chi connectivity index (χ0n) is 11.4. The molecule has 116 valence electrons. The summed E-state index contributed by atoms with van der Waals surface area (Å²) in [6.07, 6.45) is 1.81. The Balaban J connectivity index is 1.82. The van der Waals surface area contributed by atoms with Gasteiger partial charge in [0.05, 0.1) is 23.5 Å². The summed E-state index contributed by atoms with van der Waals surface area (Å²) in [7, 11) is -3.09. The lowest BCUT2D eigenvalue weighted by Crippen LogP contribution is -2.37. The maximum absolute atomic E-state index is 12.1. The summed E-state index contributed by atoms with van der Waals surface area (Å²) in [5.74, 6) is -0.219. The molecular weight excluding hydrogens is 310 g/mol. The van der Waals surface area contributed by atoms with E-state index in [4.69, 9.17) is 4.42 Å². The zero-order valence-corrected chi connectivity index (χ0v) is 12.2. The van der Waals surface area contributed by atoms with Crippen LogP contribution in [-0.2, 0) is 9.84 Å². The fourth-order valence-electron chi connectivity index (χ4n) is 2.31. The second-order valence-electron chi connectivity index (χ2n) is 5.04. The van der Waals surface area contributed by atoms with Gasteiger partial charge in [0.2, 0.25) is 0 Å². The second kappa shape index (κ2) is 5.41. The molecule has 1 saturated heterocycles.